The lowest BCUT2D eigenvalue weighted by Gasteiger charge is -2.26. The predicted octanol–water partition coefficient (Wildman–Crippen LogP) is 3.75. The maximum Gasteiger partial charge on any atom is 0.147 e. The lowest BCUT2D eigenvalue weighted by Crippen LogP contribution is -2.21. The third-order valence-electron chi connectivity index (χ3n) is 3.80. The first-order chi connectivity index (χ1) is 11.8. The van der Waals surface area contributed by atoms with Gasteiger partial charge in [0.1, 0.15) is 5.16 Å². The Kier molecular flexibility index (Phi) is 6.49. The number of rotatable bonds is 3. The van der Waals surface area contributed by atoms with Crippen LogP contribution in [0.2, 0.25) is 0 Å². The van der Waals surface area contributed by atoms with Crippen molar-refractivity contribution < 1.29 is 13.0 Å². The largest absolute Gasteiger partial charge is 0.748 e. The van der Waals surface area contributed by atoms with Crippen LogP contribution in [0.5, 0.6) is 0 Å². The third-order valence-corrected chi connectivity index (χ3v) is 5.02. The van der Waals surface area contributed by atoms with Crippen LogP contribution in [0.3, 0.4) is 0 Å². The van der Waals surface area contributed by atoms with Crippen LogP contribution >= 0.6 is 9.24 Å². The highest BCUT2D eigenvalue weighted by molar-refractivity contribution is 7.84. The second-order valence-corrected chi connectivity index (χ2v) is 8.18. The standard InChI is InChI=1S/C19H17P.CH4O3S/c20-19(16-10-4-1-5-11-16,17-12-6-2-7-13-17)18-14-8-3-9-15-18;1-5(2,3)4/h1-15H,20H2;1H3,(H,2,3,4). The highest BCUT2D eigenvalue weighted by Gasteiger charge is 2.35. The van der Waals surface area contributed by atoms with E-state index in [1.807, 2.05) is 9.24 Å². The van der Waals surface area contributed by atoms with Crippen LogP contribution in [0.1, 0.15) is 16.7 Å². The summed E-state index contributed by atoms with van der Waals surface area (Å²) in [5, 5.41) is -0.0935. The molecule has 0 radical (unpaired) electrons. The molecule has 0 fully saturated rings. The van der Waals surface area contributed by atoms with Crippen molar-refractivity contribution in [3.63, 3.8) is 0 Å². The summed E-state index contributed by atoms with van der Waals surface area (Å²) in [5.41, 5.74) is 3.99. The normalized spacial score (nSPS) is 11.4. The molecule has 1 unspecified atom stereocenters. The maximum absolute atomic E-state index is 9.08. The van der Waals surface area contributed by atoms with E-state index in [-0.39, 0.29) is 5.16 Å². The average molecular weight is 372 g/mol. The topological polar surface area (TPSA) is 57.2 Å². The van der Waals surface area contributed by atoms with E-state index in [2.05, 4.69) is 91.0 Å². The first-order valence-corrected chi connectivity index (χ1v) is 10.3. The van der Waals surface area contributed by atoms with Crippen LogP contribution in [-0.4, -0.2) is 19.2 Å². The molecule has 0 N–H and O–H groups in total. The van der Waals surface area contributed by atoms with E-state index in [1.54, 1.807) is 0 Å². The highest BCUT2D eigenvalue weighted by atomic mass is 32.2. The fourth-order valence-corrected chi connectivity index (χ4v) is 3.38. The van der Waals surface area contributed by atoms with Gasteiger partial charge in [0.05, 0.1) is 10.1 Å². The quantitative estimate of drug-likeness (QED) is 0.400. The summed E-state index contributed by atoms with van der Waals surface area (Å²) in [4.78, 5) is 0. The molecule has 0 amide bonds. The second kappa shape index (κ2) is 8.39. The fraction of sp³-hybridized carbons (Fsp3) is 0.100. The van der Waals surface area contributed by atoms with E-state index in [0.29, 0.717) is 6.26 Å². The molecule has 0 heterocycles. The van der Waals surface area contributed by atoms with Crippen LogP contribution in [0.25, 0.3) is 0 Å². The molecule has 0 aliphatic carbocycles. The van der Waals surface area contributed by atoms with Crippen molar-refractivity contribution in [3.05, 3.63) is 108 Å². The van der Waals surface area contributed by atoms with Crippen molar-refractivity contribution >= 4 is 19.4 Å². The molecule has 3 aromatic carbocycles. The molecule has 3 aromatic rings. The number of hydrogen-bond donors (Lipinski definition) is 0. The monoisotopic (exact) mass is 372 g/mol. The van der Waals surface area contributed by atoms with Crippen molar-refractivity contribution in [2.75, 3.05) is 6.26 Å². The van der Waals surface area contributed by atoms with Gasteiger partial charge >= 0.3 is 0 Å². The van der Waals surface area contributed by atoms with Gasteiger partial charge in [0.25, 0.3) is 0 Å². The molecule has 5 heteroatoms. The maximum atomic E-state index is 9.08. The Morgan fingerprint density at radius 3 is 1.08 bits per heavy atom. The summed E-state index contributed by atoms with van der Waals surface area (Å²) >= 11 is 0. The summed E-state index contributed by atoms with van der Waals surface area (Å²) in [6.07, 6.45) is 0.604. The summed E-state index contributed by atoms with van der Waals surface area (Å²) in [5.74, 6) is 0. The molecule has 0 saturated heterocycles. The Morgan fingerprint density at radius 1 is 0.680 bits per heavy atom. The minimum atomic E-state index is -3.92. The number of benzene rings is 3. The molecule has 0 aliphatic heterocycles. The zero-order valence-electron chi connectivity index (χ0n) is 14.0. The van der Waals surface area contributed by atoms with Crippen molar-refractivity contribution in [2.45, 2.75) is 5.16 Å². The summed E-state index contributed by atoms with van der Waals surface area (Å²) in [7, 11) is -1.87. The molecule has 0 saturated carbocycles. The first-order valence-electron chi connectivity index (χ1n) is 7.74. The van der Waals surface area contributed by atoms with Crippen LogP contribution in [0, 0.1) is 0 Å². The Bertz CT molecular complexity index is 775. The molecule has 3 rings (SSSR count). The van der Waals surface area contributed by atoms with Crippen molar-refractivity contribution in [3.8, 4) is 0 Å². The summed E-state index contributed by atoms with van der Waals surface area (Å²) in [6, 6.07) is 32.2. The van der Waals surface area contributed by atoms with Gasteiger partial charge < -0.3 is 4.55 Å². The van der Waals surface area contributed by atoms with Crippen LogP contribution in [0.4, 0.5) is 0 Å². The molecule has 25 heavy (non-hydrogen) atoms. The Balaban J connectivity index is 0.000000399. The zero-order valence-corrected chi connectivity index (χ0v) is 16.2. The number of hydrogen-bond acceptors (Lipinski definition) is 3. The van der Waals surface area contributed by atoms with Gasteiger partial charge in [-0.25, -0.2) is 8.42 Å². The zero-order chi connectivity index (χ0) is 18.3. The van der Waals surface area contributed by atoms with Crippen molar-refractivity contribution in [1.29, 1.82) is 0 Å². The van der Waals surface area contributed by atoms with E-state index < -0.39 is 10.1 Å². The van der Waals surface area contributed by atoms with Crippen LogP contribution in [0.15, 0.2) is 91.0 Å². The lowest BCUT2D eigenvalue weighted by atomic mass is 9.84. The third kappa shape index (κ3) is 5.50. The molecule has 0 bridgehead atoms. The molecule has 3 nitrogen and oxygen atoms in total. The lowest BCUT2D eigenvalue weighted by molar-refractivity contribution is 0.470. The summed E-state index contributed by atoms with van der Waals surface area (Å²) in [6.45, 7) is 0. The molecule has 130 valence electrons. The predicted molar refractivity (Wildman–Crippen MR) is 106 cm³/mol. The Labute approximate surface area is 151 Å². The first kappa shape index (κ1) is 19.3. The smallest absolute Gasteiger partial charge is 0.147 e. The van der Waals surface area contributed by atoms with E-state index in [4.69, 9.17) is 13.0 Å². The minimum Gasteiger partial charge on any atom is -0.748 e. The molecule has 0 aromatic heterocycles. The van der Waals surface area contributed by atoms with E-state index in [9.17, 15) is 0 Å². The van der Waals surface area contributed by atoms with Gasteiger partial charge in [-0.15, -0.1) is 0 Å². The van der Waals surface area contributed by atoms with Gasteiger partial charge in [0.15, 0.2) is 0 Å². The van der Waals surface area contributed by atoms with Crippen molar-refractivity contribution in [2.24, 2.45) is 0 Å². The fourth-order valence-electron chi connectivity index (χ4n) is 2.67. The van der Waals surface area contributed by atoms with Gasteiger partial charge in [-0.1, -0.05) is 91.0 Å². The van der Waals surface area contributed by atoms with Gasteiger partial charge in [-0.05, 0) is 9.24 Å². The SMILES string of the molecule is CS(=O)(=O)[O-].[PH3+]C(c1ccccc1)(c1ccccc1)c1ccccc1. The Morgan fingerprint density at radius 2 is 0.880 bits per heavy atom. The molecule has 0 aliphatic rings. The minimum absolute atomic E-state index is 0.0935. The van der Waals surface area contributed by atoms with E-state index >= 15 is 0 Å². The van der Waals surface area contributed by atoms with E-state index in [0.717, 1.165) is 0 Å². The molecular formula is C20H21O3PS. The molecular weight excluding hydrogens is 351 g/mol. The van der Waals surface area contributed by atoms with Crippen LogP contribution < -0.4 is 0 Å². The van der Waals surface area contributed by atoms with Gasteiger partial charge in [-0.3, -0.25) is 0 Å². The molecule has 0 spiro atoms. The second-order valence-electron chi connectivity index (χ2n) is 5.71. The van der Waals surface area contributed by atoms with Crippen LogP contribution in [-0.2, 0) is 15.3 Å². The van der Waals surface area contributed by atoms with Gasteiger partial charge in [0.2, 0.25) is 0 Å². The molecule has 1 atom stereocenters. The summed E-state index contributed by atoms with van der Waals surface area (Å²) < 4.78 is 27.2. The van der Waals surface area contributed by atoms with E-state index in [1.165, 1.54) is 16.7 Å². The van der Waals surface area contributed by atoms with Gasteiger partial charge in [0, 0.05) is 22.9 Å². The van der Waals surface area contributed by atoms with Gasteiger partial charge in [-0.2, -0.15) is 0 Å². The average Bonchev–Trinajstić information content (AvgIpc) is 2.62. The Hall–Kier alpha value is -2.00. The van der Waals surface area contributed by atoms with Crippen molar-refractivity contribution in [1.82, 2.24) is 0 Å². The highest BCUT2D eigenvalue weighted by Crippen LogP contribution is 2.44.